The summed E-state index contributed by atoms with van der Waals surface area (Å²) in [6.45, 7) is 3.31. The molecule has 1 amide bonds. The van der Waals surface area contributed by atoms with Gasteiger partial charge in [-0.1, -0.05) is 12.8 Å². The van der Waals surface area contributed by atoms with E-state index in [1.807, 2.05) is 6.92 Å². The Labute approximate surface area is 96.2 Å². The van der Waals surface area contributed by atoms with E-state index < -0.39 is 0 Å². The van der Waals surface area contributed by atoms with Crippen molar-refractivity contribution in [1.82, 2.24) is 5.32 Å². The van der Waals surface area contributed by atoms with Crippen LogP contribution in [0, 0.1) is 59.3 Å². The first-order chi connectivity index (χ1) is 7.77. The molecule has 0 aromatic heterocycles. The van der Waals surface area contributed by atoms with E-state index in [-0.39, 0.29) is 5.91 Å². The van der Waals surface area contributed by atoms with Gasteiger partial charge in [0.2, 0.25) is 5.91 Å². The first-order valence-corrected chi connectivity index (χ1v) is 4.51. The average molecular weight is 207 g/mol. The van der Waals surface area contributed by atoms with E-state index in [0.29, 0.717) is 0 Å². The lowest BCUT2D eigenvalue weighted by molar-refractivity contribution is -0.117. The van der Waals surface area contributed by atoms with Crippen molar-refractivity contribution in [2.24, 2.45) is 0 Å². The SMILES string of the molecule is CCC#CC#CC#CC#CC#CNC(C)=O. The zero-order valence-corrected chi connectivity index (χ0v) is 9.12. The van der Waals surface area contributed by atoms with Gasteiger partial charge < -0.3 is 0 Å². The molecule has 2 heteroatoms. The number of hydrogen-bond acceptors (Lipinski definition) is 1. The highest BCUT2D eigenvalue weighted by molar-refractivity contribution is 5.74. The van der Waals surface area contributed by atoms with Crippen LogP contribution in [0.5, 0.6) is 0 Å². The first kappa shape index (κ1) is 13.3. The minimum absolute atomic E-state index is 0.222. The normalized spacial score (nSPS) is 5.38. The van der Waals surface area contributed by atoms with Gasteiger partial charge in [-0.25, -0.2) is 0 Å². The second kappa shape index (κ2) is 10.4. The van der Waals surface area contributed by atoms with Crippen molar-refractivity contribution in [3.63, 3.8) is 0 Å². The van der Waals surface area contributed by atoms with Gasteiger partial charge in [-0.15, -0.1) is 0 Å². The summed E-state index contributed by atoms with van der Waals surface area (Å²) in [5, 5.41) is 2.27. The molecule has 0 heterocycles. The Hall–Kier alpha value is -2.73. The molecule has 0 atom stereocenters. The quantitative estimate of drug-likeness (QED) is 0.455. The van der Waals surface area contributed by atoms with Crippen LogP contribution in [0.15, 0.2) is 0 Å². The molecule has 0 bridgehead atoms. The molecule has 16 heavy (non-hydrogen) atoms. The fourth-order valence-electron chi connectivity index (χ4n) is 0.471. The summed E-state index contributed by atoms with van der Waals surface area (Å²) in [5.41, 5.74) is 0. The highest BCUT2D eigenvalue weighted by Gasteiger charge is 1.78. The van der Waals surface area contributed by atoms with E-state index >= 15 is 0 Å². The van der Waals surface area contributed by atoms with E-state index in [1.54, 1.807) is 0 Å². The Morgan fingerprint density at radius 3 is 1.94 bits per heavy atom. The molecule has 0 saturated heterocycles. The van der Waals surface area contributed by atoms with Crippen molar-refractivity contribution in [3.05, 3.63) is 0 Å². The smallest absolute Gasteiger partial charge is 0.228 e. The summed E-state index contributed by atoms with van der Waals surface area (Å²) in [5.74, 6) is 22.6. The van der Waals surface area contributed by atoms with Gasteiger partial charge in [0.25, 0.3) is 0 Å². The Bertz CT molecular complexity index is 543. The second-order valence-corrected chi connectivity index (χ2v) is 2.34. The summed E-state index contributed by atoms with van der Waals surface area (Å²) < 4.78 is 0. The predicted molar refractivity (Wildman–Crippen MR) is 63.0 cm³/mol. The molecule has 0 aliphatic heterocycles. The largest absolute Gasteiger partial charge is 0.285 e. The van der Waals surface area contributed by atoms with Crippen LogP contribution in [0.25, 0.3) is 0 Å². The summed E-state index contributed by atoms with van der Waals surface area (Å²) >= 11 is 0. The Kier molecular flexibility index (Phi) is 8.59. The highest BCUT2D eigenvalue weighted by Crippen LogP contribution is 1.64. The maximum atomic E-state index is 10.4. The summed E-state index contributed by atoms with van der Waals surface area (Å²) in [7, 11) is 0. The summed E-state index contributed by atoms with van der Waals surface area (Å²) in [4.78, 5) is 10.4. The lowest BCUT2D eigenvalue weighted by atomic mass is 10.4. The van der Waals surface area contributed by atoms with Gasteiger partial charge >= 0.3 is 0 Å². The molecule has 0 aliphatic carbocycles. The molecule has 0 aromatic rings. The zero-order valence-electron chi connectivity index (χ0n) is 9.12. The van der Waals surface area contributed by atoms with Crippen LogP contribution in [0.4, 0.5) is 0 Å². The van der Waals surface area contributed by atoms with Crippen molar-refractivity contribution >= 4 is 5.91 Å². The van der Waals surface area contributed by atoms with E-state index in [4.69, 9.17) is 0 Å². The third kappa shape index (κ3) is 11.3. The molecular formula is C14H9NO. The molecule has 0 aliphatic rings. The number of nitrogens with one attached hydrogen (secondary N) is 1. The monoisotopic (exact) mass is 207 g/mol. The fourth-order valence-corrected chi connectivity index (χ4v) is 0.471. The van der Waals surface area contributed by atoms with Crippen molar-refractivity contribution in [2.75, 3.05) is 0 Å². The number of rotatable bonds is 0. The first-order valence-electron chi connectivity index (χ1n) is 4.51. The number of carbonyl (C=O) groups is 1. The lowest BCUT2D eigenvalue weighted by Crippen LogP contribution is -2.11. The van der Waals surface area contributed by atoms with Crippen LogP contribution in [0.2, 0.25) is 0 Å². The maximum absolute atomic E-state index is 10.4. The molecule has 0 spiro atoms. The molecule has 0 unspecified atom stereocenters. The molecule has 0 rings (SSSR count). The average Bonchev–Trinajstić information content (AvgIpc) is 2.25. The molecule has 0 aromatic carbocycles. The van der Waals surface area contributed by atoms with Gasteiger partial charge in [0.1, 0.15) is 0 Å². The lowest BCUT2D eigenvalue weighted by Gasteiger charge is -1.80. The molecule has 0 fully saturated rings. The van der Waals surface area contributed by atoms with Crippen molar-refractivity contribution < 1.29 is 4.79 Å². The molecule has 2 nitrogen and oxygen atoms in total. The summed E-state index contributed by atoms with van der Waals surface area (Å²) in [6.07, 6.45) is 0.778. The zero-order chi connectivity index (χ0) is 12.1. The molecule has 0 radical (unpaired) electrons. The van der Waals surface area contributed by atoms with Crippen LogP contribution in [0.1, 0.15) is 20.3 Å². The molecular weight excluding hydrogens is 198 g/mol. The highest BCUT2D eigenvalue weighted by atomic mass is 16.1. The maximum Gasteiger partial charge on any atom is 0.228 e. The molecule has 1 N–H and O–H groups in total. The number of carbonyl (C=O) groups excluding carboxylic acids is 1. The van der Waals surface area contributed by atoms with Crippen molar-refractivity contribution in [2.45, 2.75) is 20.3 Å². The fraction of sp³-hybridized carbons (Fsp3) is 0.214. The van der Waals surface area contributed by atoms with Gasteiger partial charge in [-0.3, -0.25) is 10.1 Å². The predicted octanol–water partition coefficient (Wildman–Crippen LogP) is 0.507. The van der Waals surface area contributed by atoms with Crippen LogP contribution in [-0.2, 0) is 4.79 Å². The third-order valence-electron chi connectivity index (χ3n) is 1.00. The Balaban J connectivity index is 4.08. The van der Waals surface area contributed by atoms with Gasteiger partial charge in [0.05, 0.1) is 0 Å². The van der Waals surface area contributed by atoms with Crippen LogP contribution < -0.4 is 5.32 Å². The van der Waals surface area contributed by atoms with Gasteiger partial charge in [0, 0.05) is 43.1 Å². The van der Waals surface area contributed by atoms with Gasteiger partial charge in [0.15, 0.2) is 0 Å². The van der Waals surface area contributed by atoms with Crippen molar-refractivity contribution in [3.8, 4) is 59.3 Å². The number of amides is 1. The van der Waals surface area contributed by atoms with E-state index in [0.717, 1.165) is 6.42 Å². The van der Waals surface area contributed by atoms with Gasteiger partial charge in [-0.2, -0.15) is 0 Å². The second-order valence-electron chi connectivity index (χ2n) is 2.34. The van der Waals surface area contributed by atoms with Crippen molar-refractivity contribution in [1.29, 1.82) is 0 Å². The minimum atomic E-state index is -0.222. The number of hydrogen-bond donors (Lipinski definition) is 1. The van der Waals surface area contributed by atoms with E-state index in [2.05, 4.69) is 64.6 Å². The van der Waals surface area contributed by atoms with Crippen LogP contribution >= 0.6 is 0 Å². The molecule has 0 saturated carbocycles. The van der Waals surface area contributed by atoms with Gasteiger partial charge in [-0.05, 0) is 23.7 Å². The standard InChI is InChI=1S/C14H9NO/c1-3-4-5-6-7-8-9-10-11-12-13-15-14(2)16/h3H2,1-2H3,(H,15,16). The Morgan fingerprint density at radius 2 is 1.44 bits per heavy atom. The summed E-state index contributed by atoms with van der Waals surface area (Å²) in [6, 6.07) is 2.35. The minimum Gasteiger partial charge on any atom is -0.285 e. The van der Waals surface area contributed by atoms with Crippen LogP contribution in [0.3, 0.4) is 0 Å². The third-order valence-corrected chi connectivity index (χ3v) is 1.00. The van der Waals surface area contributed by atoms with Crippen LogP contribution in [-0.4, -0.2) is 5.91 Å². The topological polar surface area (TPSA) is 29.1 Å². The molecule has 76 valence electrons. The van der Waals surface area contributed by atoms with E-state index in [9.17, 15) is 4.79 Å². The Morgan fingerprint density at radius 1 is 0.938 bits per heavy atom. The van der Waals surface area contributed by atoms with E-state index in [1.165, 1.54) is 6.92 Å².